The van der Waals surface area contributed by atoms with E-state index < -0.39 is 0 Å². The average Bonchev–Trinajstić information content (AvgIpc) is 3.33. The highest BCUT2D eigenvalue weighted by molar-refractivity contribution is 5.94. The van der Waals surface area contributed by atoms with Crippen molar-refractivity contribution in [3.05, 3.63) is 46.8 Å². The van der Waals surface area contributed by atoms with Gasteiger partial charge in [0.1, 0.15) is 5.69 Å². The first-order valence-corrected chi connectivity index (χ1v) is 8.93. The molecule has 1 fully saturated rings. The molecular formula is C19H24N4O2. The van der Waals surface area contributed by atoms with E-state index in [1.807, 2.05) is 40.8 Å². The van der Waals surface area contributed by atoms with E-state index in [1.54, 1.807) is 7.11 Å². The molecule has 1 aromatic heterocycles. The highest BCUT2D eigenvalue weighted by atomic mass is 16.5. The van der Waals surface area contributed by atoms with E-state index in [2.05, 4.69) is 10.3 Å². The number of carbonyl (C=O) groups is 1. The van der Waals surface area contributed by atoms with E-state index in [0.29, 0.717) is 19.7 Å². The number of benzene rings is 1. The molecule has 1 atom stereocenters. The van der Waals surface area contributed by atoms with Crippen molar-refractivity contribution in [3.63, 3.8) is 0 Å². The number of carbonyl (C=O) groups excluding carboxylic acids is 1. The smallest absolute Gasteiger partial charge is 0.254 e. The van der Waals surface area contributed by atoms with E-state index in [0.717, 1.165) is 35.0 Å². The molecule has 0 saturated heterocycles. The topological polar surface area (TPSA) is 60.2 Å². The molecule has 0 spiro atoms. The monoisotopic (exact) mass is 340 g/mol. The van der Waals surface area contributed by atoms with Crippen LogP contribution in [0.25, 0.3) is 0 Å². The lowest BCUT2D eigenvalue weighted by molar-refractivity contribution is 0.0672. The summed E-state index contributed by atoms with van der Waals surface area (Å²) in [4.78, 5) is 14.8. The van der Waals surface area contributed by atoms with Crippen molar-refractivity contribution in [2.24, 2.45) is 5.92 Å². The molecule has 0 radical (unpaired) electrons. The minimum atomic E-state index is 0.0483. The lowest BCUT2D eigenvalue weighted by atomic mass is 9.97. The Hall–Kier alpha value is -2.21. The fourth-order valence-electron chi connectivity index (χ4n) is 3.64. The molecule has 1 amide bonds. The highest BCUT2D eigenvalue weighted by Gasteiger charge is 2.34. The predicted molar refractivity (Wildman–Crippen MR) is 93.3 cm³/mol. The number of nitrogens with zero attached hydrogens (tertiary/aromatic N) is 4. The summed E-state index contributed by atoms with van der Waals surface area (Å²) in [5, 5.41) is 8.74. The first kappa shape index (κ1) is 16.3. The largest absolute Gasteiger partial charge is 0.384 e. The number of hydrogen-bond acceptors (Lipinski definition) is 4. The second kappa shape index (κ2) is 6.59. The SMILES string of the molecule is COC[C@H]1CN(C(=O)c2cccc(C)c2)Cc2nnn(CC3CC3)c21. The molecule has 2 aliphatic rings. The Morgan fingerprint density at radius 2 is 2.20 bits per heavy atom. The highest BCUT2D eigenvalue weighted by Crippen LogP contribution is 2.34. The van der Waals surface area contributed by atoms with Crippen molar-refractivity contribution < 1.29 is 9.53 Å². The minimum absolute atomic E-state index is 0.0483. The minimum Gasteiger partial charge on any atom is -0.384 e. The molecular weight excluding hydrogens is 316 g/mol. The van der Waals surface area contributed by atoms with Gasteiger partial charge in [0.15, 0.2) is 0 Å². The predicted octanol–water partition coefficient (Wildman–Crippen LogP) is 2.38. The van der Waals surface area contributed by atoms with Crippen molar-refractivity contribution in [3.8, 4) is 0 Å². The van der Waals surface area contributed by atoms with Gasteiger partial charge in [0.2, 0.25) is 0 Å². The van der Waals surface area contributed by atoms with Crippen LogP contribution in [0, 0.1) is 12.8 Å². The molecule has 2 heterocycles. The van der Waals surface area contributed by atoms with Gasteiger partial charge in [-0.1, -0.05) is 22.9 Å². The van der Waals surface area contributed by atoms with Crippen LogP contribution < -0.4 is 0 Å². The van der Waals surface area contributed by atoms with Crippen molar-refractivity contribution >= 4 is 5.91 Å². The average molecular weight is 340 g/mol. The maximum Gasteiger partial charge on any atom is 0.254 e. The van der Waals surface area contributed by atoms with Gasteiger partial charge in [-0.25, -0.2) is 4.68 Å². The molecule has 1 aromatic carbocycles. The third-order valence-corrected chi connectivity index (χ3v) is 5.06. The van der Waals surface area contributed by atoms with Gasteiger partial charge in [0.05, 0.1) is 18.8 Å². The van der Waals surface area contributed by atoms with Gasteiger partial charge in [-0.3, -0.25) is 4.79 Å². The van der Waals surface area contributed by atoms with E-state index in [9.17, 15) is 4.79 Å². The first-order valence-electron chi connectivity index (χ1n) is 8.93. The molecule has 0 bridgehead atoms. The Morgan fingerprint density at radius 3 is 2.92 bits per heavy atom. The Bertz CT molecular complexity index is 781. The summed E-state index contributed by atoms with van der Waals surface area (Å²) < 4.78 is 7.48. The molecule has 4 rings (SSSR count). The second-order valence-corrected chi connectivity index (χ2v) is 7.25. The van der Waals surface area contributed by atoms with Gasteiger partial charge in [-0.2, -0.15) is 0 Å². The molecule has 6 nitrogen and oxygen atoms in total. The fraction of sp³-hybridized carbons (Fsp3) is 0.526. The van der Waals surface area contributed by atoms with Crippen molar-refractivity contribution in [2.45, 2.75) is 38.8 Å². The molecule has 2 aromatic rings. The number of aryl methyl sites for hydroxylation is 1. The summed E-state index contributed by atoms with van der Waals surface area (Å²) in [7, 11) is 1.70. The van der Waals surface area contributed by atoms with Gasteiger partial charge in [-0.15, -0.1) is 5.10 Å². The van der Waals surface area contributed by atoms with E-state index >= 15 is 0 Å². The maximum atomic E-state index is 12.9. The maximum absolute atomic E-state index is 12.9. The number of ether oxygens (including phenoxy) is 1. The number of hydrogen-bond donors (Lipinski definition) is 0. The van der Waals surface area contributed by atoms with Crippen LogP contribution in [-0.4, -0.2) is 46.1 Å². The molecule has 1 aliphatic heterocycles. The summed E-state index contributed by atoms with van der Waals surface area (Å²) in [6.45, 7) is 4.68. The van der Waals surface area contributed by atoms with Crippen LogP contribution in [0.1, 0.15) is 46.1 Å². The Morgan fingerprint density at radius 1 is 1.36 bits per heavy atom. The molecule has 132 valence electrons. The van der Waals surface area contributed by atoms with Gasteiger partial charge >= 0.3 is 0 Å². The molecule has 1 aliphatic carbocycles. The van der Waals surface area contributed by atoms with Crippen LogP contribution in [0.5, 0.6) is 0 Å². The number of rotatable bonds is 5. The van der Waals surface area contributed by atoms with Crippen LogP contribution in [0.4, 0.5) is 0 Å². The summed E-state index contributed by atoms with van der Waals surface area (Å²) in [5.41, 5.74) is 3.88. The lowest BCUT2D eigenvalue weighted by Crippen LogP contribution is -2.40. The van der Waals surface area contributed by atoms with Gasteiger partial charge in [0, 0.05) is 31.7 Å². The summed E-state index contributed by atoms with van der Waals surface area (Å²) in [5.74, 6) is 0.907. The van der Waals surface area contributed by atoms with Crippen LogP contribution in [0.15, 0.2) is 24.3 Å². The Labute approximate surface area is 147 Å². The summed E-state index contributed by atoms with van der Waals surface area (Å²) in [6, 6.07) is 7.74. The van der Waals surface area contributed by atoms with E-state index in [4.69, 9.17) is 4.74 Å². The van der Waals surface area contributed by atoms with Crippen LogP contribution >= 0.6 is 0 Å². The van der Waals surface area contributed by atoms with E-state index in [1.165, 1.54) is 12.8 Å². The van der Waals surface area contributed by atoms with Gasteiger partial charge < -0.3 is 9.64 Å². The number of methoxy groups -OCH3 is 1. The second-order valence-electron chi connectivity index (χ2n) is 7.25. The number of amides is 1. The molecule has 25 heavy (non-hydrogen) atoms. The molecule has 0 unspecified atom stereocenters. The third-order valence-electron chi connectivity index (χ3n) is 5.06. The number of aromatic nitrogens is 3. The Kier molecular flexibility index (Phi) is 4.29. The third kappa shape index (κ3) is 3.31. The summed E-state index contributed by atoms with van der Waals surface area (Å²) in [6.07, 6.45) is 2.56. The fourth-order valence-corrected chi connectivity index (χ4v) is 3.64. The molecule has 0 N–H and O–H groups in total. The van der Waals surface area contributed by atoms with Crippen LogP contribution in [0.3, 0.4) is 0 Å². The zero-order valence-electron chi connectivity index (χ0n) is 14.8. The van der Waals surface area contributed by atoms with Gasteiger partial charge in [0.25, 0.3) is 5.91 Å². The van der Waals surface area contributed by atoms with Crippen LogP contribution in [0.2, 0.25) is 0 Å². The van der Waals surface area contributed by atoms with Crippen molar-refractivity contribution in [1.29, 1.82) is 0 Å². The lowest BCUT2D eigenvalue weighted by Gasteiger charge is -2.32. The van der Waals surface area contributed by atoms with Gasteiger partial charge in [-0.05, 0) is 37.8 Å². The molecule has 6 heteroatoms. The normalized spacial score (nSPS) is 19.8. The van der Waals surface area contributed by atoms with Crippen molar-refractivity contribution in [1.82, 2.24) is 19.9 Å². The van der Waals surface area contributed by atoms with E-state index in [-0.39, 0.29) is 11.8 Å². The standard InChI is InChI=1S/C19H24N4O2/c1-13-4-3-5-15(8-13)19(24)22-10-16(12-25-2)18-17(11-22)20-21-23(18)9-14-6-7-14/h3-5,8,14,16H,6-7,9-12H2,1-2H3/t16-/m1/s1. The Balaban J connectivity index is 1.60. The first-order chi connectivity index (χ1) is 12.2. The van der Waals surface area contributed by atoms with Crippen molar-refractivity contribution in [2.75, 3.05) is 20.3 Å². The van der Waals surface area contributed by atoms with Crippen LogP contribution in [-0.2, 0) is 17.8 Å². The quantitative estimate of drug-likeness (QED) is 0.838. The zero-order chi connectivity index (χ0) is 17.4. The number of fused-ring (bicyclic) bond motifs is 1. The molecule has 1 saturated carbocycles. The zero-order valence-corrected chi connectivity index (χ0v) is 14.8. The summed E-state index contributed by atoms with van der Waals surface area (Å²) >= 11 is 0.